The number of ether oxygens (including phenoxy) is 1. The van der Waals surface area contributed by atoms with Crippen molar-refractivity contribution in [2.24, 2.45) is 0 Å². The number of carbonyl (C=O) groups is 2. The number of carboxylic acids is 1. The van der Waals surface area contributed by atoms with E-state index in [4.69, 9.17) is 16.3 Å². The Hall–Kier alpha value is -2.37. The highest BCUT2D eigenvalue weighted by Crippen LogP contribution is 2.27. The maximum atomic E-state index is 11.9. The molecular weight excluding hydrogens is 354 g/mol. The molecular formula is C20H22ClNO4. The van der Waals surface area contributed by atoms with Crippen LogP contribution >= 0.6 is 11.6 Å². The second kappa shape index (κ2) is 8.34. The minimum absolute atomic E-state index is 0.239. The van der Waals surface area contributed by atoms with E-state index < -0.39 is 23.5 Å². The fourth-order valence-corrected chi connectivity index (χ4v) is 2.88. The van der Waals surface area contributed by atoms with Crippen molar-refractivity contribution < 1.29 is 19.4 Å². The molecule has 2 N–H and O–H groups in total. The highest BCUT2D eigenvalue weighted by Gasteiger charge is 2.38. The molecule has 2 rings (SSSR count). The zero-order valence-corrected chi connectivity index (χ0v) is 15.7. The Morgan fingerprint density at radius 2 is 1.85 bits per heavy atom. The summed E-state index contributed by atoms with van der Waals surface area (Å²) in [5, 5.41) is 13.2. The number of rotatable bonds is 7. The summed E-state index contributed by atoms with van der Waals surface area (Å²) in [6.07, 6.45) is 0. The molecule has 0 spiro atoms. The number of benzene rings is 2. The Balaban J connectivity index is 2.29. The van der Waals surface area contributed by atoms with Gasteiger partial charge in [0.2, 0.25) is 0 Å². The minimum atomic E-state index is -1.43. The lowest BCUT2D eigenvalue weighted by Crippen LogP contribution is -2.53. The number of hydrogen-bond acceptors (Lipinski definition) is 4. The molecule has 2 unspecified atom stereocenters. The van der Waals surface area contributed by atoms with Crippen molar-refractivity contribution in [1.29, 1.82) is 0 Å². The molecule has 0 fully saturated rings. The van der Waals surface area contributed by atoms with Crippen LogP contribution in [0.4, 0.5) is 0 Å². The van der Waals surface area contributed by atoms with Crippen molar-refractivity contribution in [2.75, 3.05) is 6.61 Å². The van der Waals surface area contributed by atoms with E-state index in [1.54, 1.807) is 32.0 Å². The van der Waals surface area contributed by atoms with Crippen molar-refractivity contribution in [3.63, 3.8) is 0 Å². The van der Waals surface area contributed by atoms with Gasteiger partial charge in [-0.2, -0.15) is 0 Å². The summed E-state index contributed by atoms with van der Waals surface area (Å²) in [4.78, 5) is 23.8. The molecule has 0 aliphatic rings. The van der Waals surface area contributed by atoms with Crippen LogP contribution in [-0.2, 0) is 19.9 Å². The number of halogens is 1. The summed E-state index contributed by atoms with van der Waals surface area (Å²) in [6.45, 7) is 5.05. The maximum Gasteiger partial charge on any atom is 0.328 e. The Bertz CT molecular complexity index is 791. The van der Waals surface area contributed by atoms with E-state index in [1.165, 1.54) is 6.92 Å². The van der Waals surface area contributed by atoms with Gasteiger partial charge in [-0.15, -0.1) is 0 Å². The SMILES string of the molecule is CCOC(=O)C(C)NC(C)(C(=O)O)c1ccc(-c2cccc(Cl)c2)cc1. The van der Waals surface area contributed by atoms with Crippen LogP contribution in [0.25, 0.3) is 11.1 Å². The Morgan fingerprint density at radius 1 is 1.19 bits per heavy atom. The van der Waals surface area contributed by atoms with E-state index in [1.807, 2.05) is 30.3 Å². The van der Waals surface area contributed by atoms with Gasteiger partial charge < -0.3 is 9.84 Å². The molecule has 0 aliphatic carbocycles. The fourth-order valence-electron chi connectivity index (χ4n) is 2.69. The molecule has 0 saturated carbocycles. The van der Waals surface area contributed by atoms with Crippen molar-refractivity contribution in [2.45, 2.75) is 32.4 Å². The molecule has 0 aromatic heterocycles. The Kier molecular flexibility index (Phi) is 6.40. The second-order valence-corrected chi connectivity index (χ2v) is 6.57. The van der Waals surface area contributed by atoms with Crippen LogP contribution in [0.3, 0.4) is 0 Å². The first-order valence-electron chi connectivity index (χ1n) is 8.32. The summed E-state index contributed by atoms with van der Waals surface area (Å²) in [5.41, 5.74) is 0.960. The van der Waals surface area contributed by atoms with Crippen molar-refractivity contribution >= 4 is 23.5 Å². The highest BCUT2D eigenvalue weighted by molar-refractivity contribution is 6.30. The van der Waals surface area contributed by atoms with E-state index in [9.17, 15) is 14.7 Å². The van der Waals surface area contributed by atoms with Gasteiger partial charge in [-0.05, 0) is 49.6 Å². The number of nitrogens with one attached hydrogen (secondary N) is 1. The van der Waals surface area contributed by atoms with E-state index in [0.717, 1.165) is 11.1 Å². The third kappa shape index (κ3) is 4.42. The summed E-state index contributed by atoms with van der Waals surface area (Å²) < 4.78 is 4.95. The maximum absolute atomic E-state index is 11.9. The van der Waals surface area contributed by atoms with Crippen LogP contribution in [0, 0.1) is 0 Å². The van der Waals surface area contributed by atoms with Crippen molar-refractivity contribution in [1.82, 2.24) is 5.32 Å². The van der Waals surface area contributed by atoms with Crippen LogP contribution < -0.4 is 5.32 Å². The lowest BCUT2D eigenvalue weighted by Gasteiger charge is -2.29. The van der Waals surface area contributed by atoms with Gasteiger partial charge in [0, 0.05) is 5.02 Å². The van der Waals surface area contributed by atoms with Gasteiger partial charge >= 0.3 is 11.9 Å². The Morgan fingerprint density at radius 3 is 2.38 bits per heavy atom. The van der Waals surface area contributed by atoms with Crippen LogP contribution in [-0.4, -0.2) is 29.7 Å². The van der Waals surface area contributed by atoms with E-state index in [0.29, 0.717) is 10.6 Å². The summed E-state index contributed by atoms with van der Waals surface area (Å²) >= 11 is 6.02. The van der Waals surface area contributed by atoms with E-state index in [2.05, 4.69) is 5.32 Å². The molecule has 0 heterocycles. The Labute approximate surface area is 157 Å². The van der Waals surface area contributed by atoms with Crippen molar-refractivity contribution in [3.8, 4) is 11.1 Å². The average molecular weight is 376 g/mol. The highest BCUT2D eigenvalue weighted by atomic mass is 35.5. The van der Waals surface area contributed by atoms with Crippen LogP contribution in [0.1, 0.15) is 26.3 Å². The van der Waals surface area contributed by atoms with Crippen LogP contribution in [0.15, 0.2) is 48.5 Å². The number of carbonyl (C=O) groups excluding carboxylic acids is 1. The second-order valence-electron chi connectivity index (χ2n) is 6.14. The van der Waals surface area contributed by atoms with E-state index >= 15 is 0 Å². The molecule has 0 amide bonds. The molecule has 0 saturated heterocycles. The first-order valence-corrected chi connectivity index (χ1v) is 8.70. The monoisotopic (exact) mass is 375 g/mol. The first-order chi connectivity index (χ1) is 12.3. The molecule has 26 heavy (non-hydrogen) atoms. The first kappa shape index (κ1) is 19.9. The number of aliphatic carboxylic acids is 1. The number of esters is 1. The molecule has 2 atom stereocenters. The third-order valence-electron chi connectivity index (χ3n) is 4.19. The van der Waals surface area contributed by atoms with Gasteiger partial charge in [-0.25, -0.2) is 4.79 Å². The van der Waals surface area contributed by atoms with Gasteiger partial charge in [-0.1, -0.05) is 48.0 Å². The standard InChI is InChI=1S/C20H22ClNO4/c1-4-26-18(23)13(2)22-20(3,19(24)25)16-10-8-14(9-11-16)15-6-5-7-17(21)12-15/h5-13,22H,4H2,1-3H3,(H,24,25). The third-order valence-corrected chi connectivity index (χ3v) is 4.43. The van der Waals surface area contributed by atoms with Crippen molar-refractivity contribution in [3.05, 3.63) is 59.1 Å². The smallest absolute Gasteiger partial charge is 0.328 e. The molecule has 138 valence electrons. The largest absolute Gasteiger partial charge is 0.480 e. The number of hydrogen-bond donors (Lipinski definition) is 2. The lowest BCUT2D eigenvalue weighted by molar-refractivity contribution is -0.149. The summed E-state index contributed by atoms with van der Waals surface area (Å²) in [7, 11) is 0. The van der Waals surface area contributed by atoms with Gasteiger partial charge in [-0.3, -0.25) is 10.1 Å². The molecule has 0 bridgehead atoms. The van der Waals surface area contributed by atoms with Gasteiger partial charge in [0.05, 0.1) is 6.61 Å². The summed E-state index contributed by atoms with van der Waals surface area (Å²) in [6, 6.07) is 13.8. The van der Waals surface area contributed by atoms with Gasteiger partial charge in [0.1, 0.15) is 11.6 Å². The molecule has 5 nitrogen and oxygen atoms in total. The predicted octanol–water partition coefficient (Wildman–Crippen LogP) is 3.85. The topological polar surface area (TPSA) is 75.6 Å². The molecule has 2 aromatic rings. The minimum Gasteiger partial charge on any atom is -0.480 e. The molecule has 0 radical (unpaired) electrons. The van der Waals surface area contributed by atoms with E-state index in [-0.39, 0.29) is 6.61 Å². The predicted molar refractivity (Wildman–Crippen MR) is 101 cm³/mol. The lowest BCUT2D eigenvalue weighted by atomic mass is 9.89. The quantitative estimate of drug-likeness (QED) is 0.719. The fraction of sp³-hybridized carbons (Fsp3) is 0.300. The summed E-state index contributed by atoms with van der Waals surface area (Å²) in [5.74, 6) is -1.57. The van der Waals surface area contributed by atoms with Crippen LogP contribution in [0.5, 0.6) is 0 Å². The van der Waals surface area contributed by atoms with Crippen LogP contribution in [0.2, 0.25) is 5.02 Å². The number of carboxylic acid groups (broad SMARTS) is 1. The molecule has 2 aromatic carbocycles. The normalized spacial score (nSPS) is 14.3. The molecule has 0 aliphatic heterocycles. The zero-order chi connectivity index (χ0) is 19.3. The average Bonchev–Trinajstić information content (AvgIpc) is 2.61. The van der Waals surface area contributed by atoms with Gasteiger partial charge in [0.15, 0.2) is 0 Å². The molecule has 6 heteroatoms. The zero-order valence-electron chi connectivity index (χ0n) is 15.0. The van der Waals surface area contributed by atoms with Gasteiger partial charge in [0.25, 0.3) is 0 Å².